The van der Waals surface area contributed by atoms with Gasteiger partial charge in [-0.25, -0.2) is 22.0 Å². The number of amidine groups is 2. The minimum atomic E-state index is -2.42. The Bertz CT molecular complexity index is 1960. The summed E-state index contributed by atoms with van der Waals surface area (Å²) < 4.78 is 73.5. The number of rotatable bonds is 10. The van der Waals surface area contributed by atoms with Gasteiger partial charge in [0.15, 0.2) is 23.3 Å². The van der Waals surface area contributed by atoms with Gasteiger partial charge in [0.05, 0.1) is 5.56 Å². The molecule has 5 aromatic rings. The maximum Gasteiger partial charge on any atom is 2.00 e. The molecule has 0 aliphatic carbocycles. The molecule has 0 amide bonds. The maximum absolute atomic E-state index is 15.3. The number of hydrogen-bond donors (Lipinski definition) is 2. The fourth-order valence-electron chi connectivity index (χ4n) is 5.10. The van der Waals surface area contributed by atoms with Crippen LogP contribution in [0.15, 0.2) is 142 Å². The summed E-state index contributed by atoms with van der Waals surface area (Å²) in [4.78, 5) is 0. The average molecular weight is 877 g/mol. The largest absolute Gasteiger partial charge is 2.00 e. The molecule has 1 radical (unpaired) electrons. The first-order chi connectivity index (χ1) is 24.2. The fraction of sp³-hybridized carbons (Fsp3) is 0.0556. The summed E-state index contributed by atoms with van der Waals surface area (Å²) in [7, 11) is -1.01. The van der Waals surface area contributed by atoms with Crippen LogP contribution in [-0.2, 0) is 42.3 Å². The molecular formula is C36H27BrCuF5N6PS2. The van der Waals surface area contributed by atoms with Crippen LogP contribution in [0.5, 0.6) is 0 Å². The summed E-state index contributed by atoms with van der Waals surface area (Å²) >= 11 is 10.6. The number of hydrogen-bond acceptors (Lipinski definition) is 6. The zero-order valence-corrected chi connectivity index (χ0v) is 31.9. The van der Waals surface area contributed by atoms with Gasteiger partial charge in [-0.15, -0.1) is 10.2 Å². The minimum absolute atomic E-state index is 0. The number of benzene rings is 5. The van der Waals surface area contributed by atoms with E-state index in [2.05, 4.69) is 31.0 Å². The molecule has 271 valence electrons. The molecule has 0 aliphatic rings. The normalized spacial score (nSPS) is 12.4. The molecule has 0 saturated carbocycles. The number of halogens is 6. The van der Waals surface area contributed by atoms with Gasteiger partial charge in [-0.05, 0) is 41.6 Å². The average Bonchev–Trinajstić information content (AvgIpc) is 3.17. The molecule has 0 bridgehead atoms. The first kappa shape index (κ1) is 42.3. The second-order valence-electron chi connectivity index (χ2n) is 10.4. The van der Waals surface area contributed by atoms with Gasteiger partial charge < -0.3 is 52.9 Å². The third kappa shape index (κ3) is 9.27. The zero-order valence-electron chi connectivity index (χ0n) is 26.9. The van der Waals surface area contributed by atoms with Gasteiger partial charge in [-0.1, -0.05) is 84.9 Å². The Morgan fingerprint density at radius 1 is 0.538 bits per heavy atom. The molecule has 0 aliphatic heterocycles. The van der Waals surface area contributed by atoms with Gasteiger partial charge in [0.2, 0.25) is 5.82 Å². The molecular weight excluding hydrogens is 850 g/mol. The SMILES string of the molecule is CNC([S-])=NN=C(C(=NN=C([S-])NC[P+](c1ccccc1)(c1ccccc1)c1ccccc1)c1ccccc1)c1c(F)c(F)c(F)c(F)c1F.[Br-].[Cu+2]. The minimum Gasteiger partial charge on any atom is -1.00 e. The summed E-state index contributed by atoms with van der Waals surface area (Å²) in [5.74, 6) is -11.0. The first-order valence-corrected chi connectivity index (χ1v) is 17.7. The quantitative estimate of drug-likeness (QED) is 0.0261. The topological polar surface area (TPSA) is 73.5 Å². The monoisotopic (exact) mass is 875 g/mol. The van der Waals surface area contributed by atoms with Gasteiger partial charge in [-0.2, -0.15) is 10.2 Å². The van der Waals surface area contributed by atoms with Gasteiger partial charge >= 0.3 is 17.1 Å². The van der Waals surface area contributed by atoms with Crippen molar-refractivity contribution in [1.29, 1.82) is 0 Å². The molecule has 0 fully saturated rings. The second-order valence-corrected chi connectivity index (χ2v) is 14.7. The fourth-order valence-corrected chi connectivity index (χ4v) is 9.23. The molecule has 5 rings (SSSR count). The van der Waals surface area contributed by atoms with Crippen molar-refractivity contribution >= 4 is 70.2 Å². The summed E-state index contributed by atoms with van der Waals surface area (Å²) in [5.41, 5.74) is -2.43. The van der Waals surface area contributed by atoms with E-state index < -0.39 is 53.3 Å². The van der Waals surface area contributed by atoms with E-state index in [1.807, 2.05) is 91.0 Å². The van der Waals surface area contributed by atoms with Crippen LogP contribution in [0.2, 0.25) is 0 Å². The first-order valence-electron chi connectivity index (χ1n) is 14.9. The third-order valence-corrected chi connectivity index (χ3v) is 12.2. The summed E-state index contributed by atoms with van der Waals surface area (Å²) in [5, 5.41) is 24.4. The molecule has 0 atom stereocenters. The Kier molecular flexibility index (Phi) is 16.0. The second kappa shape index (κ2) is 19.7. The Labute approximate surface area is 330 Å². The zero-order chi connectivity index (χ0) is 35.7. The van der Waals surface area contributed by atoms with Crippen molar-refractivity contribution < 1.29 is 56.0 Å². The van der Waals surface area contributed by atoms with Crippen molar-refractivity contribution in [3.05, 3.63) is 162 Å². The van der Waals surface area contributed by atoms with Gasteiger partial charge in [0.1, 0.15) is 40.9 Å². The smallest absolute Gasteiger partial charge is 1.00 e. The standard InChI is InChI=1S/C36H28F5N6PS2.BrH.Cu/c1-42-35(49)46-45-34(27-28(37)30(39)32(41)31(40)29(27)38)33(23-14-6-2-7-15-23)44-47-36(50)43-22-48(24-16-8-3-9-17-24,25-18-10-4-11-19-25)26-20-12-5-13-21-26;;/h2-21H,22H2,1H3,(H3-,42,43,44,45,46,47,49,50);1H;/q;;+2/p-2. The molecule has 0 aromatic heterocycles. The molecule has 0 saturated heterocycles. The molecule has 5 aromatic carbocycles. The van der Waals surface area contributed by atoms with E-state index >= 15 is 8.78 Å². The van der Waals surface area contributed by atoms with E-state index in [-0.39, 0.29) is 49.9 Å². The Balaban J connectivity index is 0.00000364. The number of nitrogens with one attached hydrogen (secondary N) is 2. The summed E-state index contributed by atoms with van der Waals surface area (Å²) in [6, 6.07) is 37.6. The third-order valence-electron chi connectivity index (χ3n) is 7.47. The molecule has 0 heterocycles. The van der Waals surface area contributed by atoms with Crippen LogP contribution in [0.25, 0.3) is 0 Å². The van der Waals surface area contributed by atoms with E-state index in [1.165, 1.54) is 19.2 Å². The Hall–Kier alpha value is -4.10. The summed E-state index contributed by atoms with van der Waals surface area (Å²) in [6.07, 6.45) is 0.300. The van der Waals surface area contributed by atoms with Crippen LogP contribution >= 0.6 is 7.26 Å². The van der Waals surface area contributed by atoms with Gasteiger partial charge in [0, 0.05) is 17.8 Å². The number of nitrogens with zero attached hydrogens (tertiary/aromatic N) is 4. The molecule has 16 heteroatoms. The van der Waals surface area contributed by atoms with E-state index in [1.54, 1.807) is 18.2 Å². The van der Waals surface area contributed by atoms with Crippen LogP contribution < -0.4 is 43.5 Å². The van der Waals surface area contributed by atoms with Crippen LogP contribution in [0.3, 0.4) is 0 Å². The van der Waals surface area contributed by atoms with Crippen molar-refractivity contribution in [1.82, 2.24) is 10.6 Å². The maximum atomic E-state index is 15.3. The van der Waals surface area contributed by atoms with E-state index in [9.17, 15) is 13.2 Å². The predicted octanol–water partition coefficient (Wildman–Crippen LogP) is 3.06. The van der Waals surface area contributed by atoms with Crippen molar-refractivity contribution in [2.45, 2.75) is 0 Å². The van der Waals surface area contributed by atoms with Gasteiger partial charge in [0.25, 0.3) is 0 Å². The van der Waals surface area contributed by atoms with Gasteiger partial charge in [-0.3, -0.25) is 0 Å². The van der Waals surface area contributed by atoms with E-state index in [4.69, 9.17) is 25.3 Å². The van der Waals surface area contributed by atoms with Crippen LogP contribution in [0, 0.1) is 29.1 Å². The summed E-state index contributed by atoms with van der Waals surface area (Å²) in [6.45, 7) is 0. The molecule has 0 spiro atoms. The predicted molar refractivity (Wildman–Crippen MR) is 198 cm³/mol. The molecule has 6 nitrogen and oxygen atoms in total. The van der Waals surface area contributed by atoms with Crippen LogP contribution in [-0.4, -0.2) is 35.1 Å². The molecule has 0 unspecified atom stereocenters. The molecule has 52 heavy (non-hydrogen) atoms. The van der Waals surface area contributed by atoms with Crippen molar-refractivity contribution in [2.75, 3.05) is 13.3 Å². The van der Waals surface area contributed by atoms with Crippen molar-refractivity contribution in [3.63, 3.8) is 0 Å². The molecule has 2 N–H and O–H groups in total. The van der Waals surface area contributed by atoms with Crippen LogP contribution in [0.4, 0.5) is 22.0 Å². The van der Waals surface area contributed by atoms with E-state index in [0.29, 0.717) is 6.29 Å². The Morgan fingerprint density at radius 2 is 0.904 bits per heavy atom. The Morgan fingerprint density at radius 3 is 1.33 bits per heavy atom. The van der Waals surface area contributed by atoms with E-state index in [0.717, 1.165) is 15.9 Å². The van der Waals surface area contributed by atoms with Crippen molar-refractivity contribution in [2.24, 2.45) is 20.4 Å². The van der Waals surface area contributed by atoms with Crippen molar-refractivity contribution in [3.8, 4) is 0 Å². The van der Waals surface area contributed by atoms with Crippen LogP contribution in [0.1, 0.15) is 11.1 Å².